The maximum absolute atomic E-state index is 13.5. The first-order valence-corrected chi connectivity index (χ1v) is 9.41. The van der Waals surface area contributed by atoms with Gasteiger partial charge < -0.3 is 5.32 Å². The number of nitrogens with one attached hydrogen (secondary N) is 2. The third-order valence-corrected chi connectivity index (χ3v) is 4.75. The summed E-state index contributed by atoms with van der Waals surface area (Å²) < 4.78 is 27.1. The molecule has 0 atom stereocenters. The molecule has 0 spiro atoms. The van der Waals surface area contributed by atoms with Crippen molar-refractivity contribution in [3.05, 3.63) is 82.4 Å². The van der Waals surface area contributed by atoms with Crippen LogP contribution in [0.4, 0.5) is 13.9 Å². The van der Waals surface area contributed by atoms with Gasteiger partial charge in [-0.05, 0) is 30.7 Å². The second-order valence-corrected chi connectivity index (χ2v) is 6.80. The highest BCUT2D eigenvalue weighted by molar-refractivity contribution is 7.14. The van der Waals surface area contributed by atoms with Gasteiger partial charge >= 0.3 is 0 Å². The molecule has 1 heterocycles. The Morgan fingerprint density at radius 1 is 1.00 bits per heavy atom. The monoisotopic (exact) mass is 401 g/mol. The topological polar surface area (TPSA) is 71.1 Å². The molecular weight excluding hydrogens is 384 g/mol. The van der Waals surface area contributed by atoms with Gasteiger partial charge in [-0.3, -0.25) is 14.9 Å². The Morgan fingerprint density at radius 2 is 1.71 bits per heavy atom. The van der Waals surface area contributed by atoms with Crippen LogP contribution in [0.15, 0.2) is 53.9 Å². The Balaban J connectivity index is 1.47. The summed E-state index contributed by atoms with van der Waals surface area (Å²) in [5.74, 6) is -1.99. The van der Waals surface area contributed by atoms with Gasteiger partial charge in [0.25, 0.3) is 5.91 Å². The number of anilines is 1. The smallest absolute Gasteiger partial charge is 0.257 e. The molecule has 2 N–H and O–H groups in total. The second kappa shape index (κ2) is 9.18. The van der Waals surface area contributed by atoms with E-state index in [2.05, 4.69) is 15.6 Å². The highest BCUT2D eigenvalue weighted by Crippen LogP contribution is 2.18. The second-order valence-electron chi connectivity index (χ2n) is 5.94. The summed E-state index contributed by atoms with van der Waals surface area (Å²) in [6.45, 7) is -0.215. The molecule has 0 aliphatic rings. The summed E-state index contributed by atoms with van der Waals surface area (Å²) in [4.78, 5) is 28.3. The van der Waals surface area contributed by atoms with Crippen LogP contribution in [0.1, 0.15) is 28.0 Å². The first kappa shape index (κ1) is 19.6. The number of carbonyl (C=O) groups excluding carboxylic acids is 2. The van der Waals surface area contributed by atoms with Gasteiger partial charge in [-0.25, -0.2) is 13.8 Å². The van der Waals surface area contributed by atoms with Crippen molar-refractivity contribution < 1.29 is 18.4 Å². The first-order valence-electron chi connectivity index (χ1n) is 8.53. The van der Waals surface area contributed by atoms with E-state index in [1.54, 1.807) is 29.6 Å². The molecule has 2 aromatic carbocycles. The lowest BCUT2D eigenvalue weighted by atomic mass is 10.2. The summed E-state index contributed by atoms with van der Waals surface area (Å²) >= 11 is 1.26. The van der Waals surface area contributed by atoms with E-state index in [9.17, 15) is 18.4 Å². The number of carbonyl (C=O) groups is 2. The number of benzene rings is 2. The van der Waals surface area contributed by atoms with Crippen molar-refractivity contribution in [2.75, 3.05) is 5.32 Å². The molecule has 2 amide bonds. The Morgan fingerprint density at radius 3 is 2.43 bits per heavy atom. The van der Waals surface area contributed by atoms with Crippen LogP contribution in [0.2, 0.25) is 0 Å². The fraction of sp³-hybridized carbons (Fsp3) is 0.150. The minimum Gasteiger partial charge on any atom is -0.352 e. The summed E-state index contributed by atoms with van der Waals surface area (Å²) in [5.41, 5.74) is 1.01. The molecular formula is C20H17F2N3O2S. The Labute approximate surface area is 164 Å². The van der Waals surface area contributed by atoms with Crippen molar-refractivity contribution in [3.63, 3.8) is 0 Å². The molecule has 3 aromatic rings. The summed E-state index contributed by atoms with van der Waals surface area (Å²) in [6.07, 6.45) is 0.467. The molecule has 144 valence electrons. The number of aryl methyl sites for hydroxylation is 1. The summed E-state index contributed by atoms with van der Waals surface area (Å²) in [5, 5.41) is 7.40. The Hall–Kier alpha value is -3.13. The average molecular weight is 401 g/mol. The van der Waals surface area contributed by atoms with Gasteiger partial charge in [-0.1, -0.05) is 24.3 Å². The molecule has 0 unspecified atom stereocenters. The van der Waals surface area contributed by atoms with Gasteiger partial charge in [0.1, 0.15) is 11.6 Å². The third-order valence-electron chi connectivity index (χ3n) is 3.94. The number of nitrogens with zero attached hydrogens (tertiary/aromatic N) is 1. The highest BCUT2D eigenvalue weighted by Gasteiger charge is 2.12. The lowest BCUT2D eigenvalue weighted by Gasteiger charge is -2.07. The summed E-state index contributed by atoms with van der Waals surface area (Å²) in [6, 6.07) is 12.3. The zero-order valence-corrected chi connectivity index (χ0v) is 15.6. The van der Waals surface area contributed by atoms with E-state index in [0.29, 0.717) is 22.8 Å². The fourth-order valence-electron chi connectivity index (χ4n) is 2.46. The number of amides is 2. The van der Waals surface area contributed by atoms with Crippen molar-refractivity contribution in [2.24, 2.45) is 0 Å². The number of hydrogen-bond donors (Lipinski definition) is 2. The van der Waals surface area contributed by atoms with E-state index in [1.807, 2.05) is 6.07 Å². The number of thiazole rings is 1. The van der Waals surface area contributed by atoms with Crippen LogP contribution in [0.3, 0.4) is 0 Å². The molecule has 8 heteroatoms. The molecule has 1 aromatic heterocycles. The summed E-state index contributed by atoms with van der Waals surface area (Å²) in [7, 11) is 0. The number of aromatic nitrogens is 1. The van der Waals surface area contributed by atoms with E-state index in [0.717, 1.165) is 12.1 Å². The first-order chi connectivity index (χ1) is 13.5. The van der Waals surface area contributed by atoms with Crippen molar-refractivity contribution in [2.45, 2.75) is 19.4 Å². The molecule has 0 aliphatic carbocycles. The quantitative estimate of drug-likeness (QED) is 0.630. The van der Waals surface area contributed by atoms with Crippen molar-refractivity contribution in [1.29, 1.82) is 0 Å². The van der Waals surface area contributed by atoms with Crippen molar-refractivity contribution in [3.8, 4) is 0 Å². The molecule has 0 bridgehead atoms. The highest BCUT2D eigenvalue weighted by atomic mass is 32.1. The van der Waals surface area contributed by atoms with E-state index in [-0.39, 0.29) is 30.3 Å². The van der Waals surface area contributed by atoms with Gasteiger partial charge in [0, 0.05) is 29.5 Å². The average Bonchev–Trinajstić information content (AvgIpc) is 3.14. The van der Waals surface area contributed by atoms with Crippen molar-refractivity contribution in [1.82, 2.24) is 10.3 Å². The minimum absolute atomic E-state index is 0.117. The molecule has 0 fully saturated rings. The largest absolute Gasteiger partial charge is 0.352 e. The zero-order valence-electron chi connectivity index (χ0n) is 14.7. The maximum Gasteiger partial charge on any atom is 0.257 e. The molecule has 0 aliphatic heterocycles. The van der Waals surface area contributed by atoms with Crippen LogP contribution in [-0.4, -0.2) is 16.8 Å². The minimum atomic E-state index is -0.696. The van der Waals surface area contributed by atoms with E-state index in [4.69, 9.17) is 0 Å². The predicted molar refractivity (Wildman–Crippen MR) is 103 cm³/mol. The normalized spacial score (nSPS) is 10.5. The maximum atomic E-state index is 13.5. The molecule has 3 rings (SSSR count). The van der Waals surface area contributed by atoms with E-state index < -0.39 is 11.6 Å². The van der Waals surface area contributed by atoms with E-state index >= 15 is 0 Å². The van der Waals surface area contributed by atoms with Crippen LogP contribution in [0.5, 0.6) is 0 Å². The van der Waals surface area contributed by atoms with Gasteiger partial charge in [0.2, 0.25) is 5.91 Å². The Kier molecular flexibility index (Phi) is 6.44. The van der Waals surface area contributed by atoms with Crippen LogP contribution < -0.4 is 10.6 Å². The SMILES string of the molecule is O=C(CCc1csc(NC(=O)c2ccccc2)n1)NCc1c(F)cccc1F. The lowest BCUT2D eigenvalue weighted by molar-refractivity contribution is -0.121. The van der Waals surface area contributed by atoms with E-state index in [1.165, 1.54) is 17.4 Å². The standard InChI is InChI=1S/C20H17F2N3O2S/c21-16-7-4-8-17(22)15(16)11-23-18(26)10-9-14-12-28-20(24-14)25-19(27)13-5-2-1-3-6-13/h1-8,12H,9-11H2,(H,23,26)(H,24,25,27). The predicted octanol–water partition coefficient (Wildman–Crippen LogP) is 3.92. The van der Waals surface area contributed by atoms with Gasteiger partial charge in [-0.15, -0.1) is 11.3 Å². The molecule has 0 saturated carbocycles. The van der Waals surface area contributed by atoms with Crippen molar-refractivity contribution >= 4 is 28.3 Å². The number of rotatable bonds is 7. The van der Waals surface area contributed by atoms with Gasteiger partial charge in [-0.2, -0.15) is 0 Å². The van der Waals surface area contributed by atoms with Gasteiger partial charge in [0.15, 0.2) is 5.13 Å². The number of hydrogen-bond acceptors (Lipinski definition) is 4. The molecule has 5 nitrogen and oxygen atoms in total. The number of halogens is 2. The zero-order chi connectivity index (χ0) is 19.9. The van der Waals surface area contributed by atoms with Crippen LogP contribution in [-0.2, 0) is 17.8 Å². The molecule has 0 saturated heterocycles. The van der Waals surface area contributed by atoms with Crippen LogP contribution in [0, 0.1) is 11.6 Å². The lowest BCUT2D eigenvalue weighted by Crippen LogP contribution is -2.24. The Bertz CT molecular complexity index is 956. The van der Waals surface area contributed by atoms with Gasteiger partial charge in [0.05, 0.1) is 5.69 Å². The molecule has 28 heavy (non-hydrogen) atoms. The third kappa shape index (κ3) is 5.20. The van der Waals surface area contributed by atoms with Crippen LogP contribution in [0.25, 0.3) is 0 Å². The molecule has 0 radical (unpaired) electrons. The van der Waals surface area contributed by atoms with Crippen LogP contribution >= 0.6 is 11.3 Å². The fourth-order valence-corrected chi connectivity index (χ4v) is 3.20.